The van der Waals surface area contributed by atoms with Crippen LogP contribution in [0.1, 0.15) is 32.4 Å². The average Bonchev–Trinajstić information content (AvgIpc) is 2.68. The molecule has 4 nitrogen and oxygen atoms in total. The predicted molar refractivity (Wildman–Crippen MR) is 76.4 cm³/mol. The second kappa shape index (κ2) is 5.04. The number of hydrogen-bond acceptors (Lipinski definition) is 3. The van der Waals surface area contributed by atoms with Gasteiger partial charge in [0.15, 0.2) is 0 Å². The molecule has 0 fully saturated rings. The van der Waals surface area contributed by atoms with Gasteiger partial charge in [0.05, 0.1) is 6.04 Å². The quantitative estimate of drug-likeness (QED) is 0.788. The molecule has 1 aliphatic rings. The number of nitrogens with zero attached hydrogens (tertiary/aromatic N) is 1. The van der Waals surface area contributed by atoms with Crippen LogP contribution in [0, 0.1) is 0 Å². The molecule has 5 heteroatoms. The molecule has 2 rings (SSSR count). The molecule has 0 saturated carbocycles. The number of carbonyl (C=O) groups excluding carboxylic acids is 1. The van der Waals surface area contributed by atoms with Crippen molar-refractivity contribution in [1.29, 1.82) is 0 Å². The van der Waals surface area contributed by atoms with Crippen LogP contribution in [0.5, 0.6) is 5.75 Å². The zero-order valence-corrected chi connectivity index (χ0v) is 13.2. The summed E-state index contributed by atoms with van der Waals surface area (Å²) in [4.78, 5) is 13.7. The summed E-state index contributed by atoms with van der Waals surface area (Å²) in [7, 11) is 1.73. The van der Waals surface area contributed by atoms with Crippen LogP contribution in [0.2, 0.25) is 0 Å². The molecule has 1 heterocycles. The Labute approximate surface area is 121 Å². The molecule has 1 aromatic carbocycles. The second-order valence-corrected chi connectivity index (χ2v) is 6.52. The zero-order chi connectivity index (χ0) is 14.2. The SMILES string of the molecule is CN(C(=O)OC(C)(C)C)[C@@H]1COc2ccc(Br)cc21. The van der Waals surface area contributed by atoms with Crippen molar-refractivity contribution in [1.82, 2.24) is 4.90 Å². The Morgan fingerprint density at radius 1 is 1.47 bits per heavy atom. The first-order chi connectivity index (χ1) is 8.78. The van der Waals surface area contributed by atoms with Gasteiger partial charge >= 0.3 is 6.09 Å². The van der Waals surface area contributed by atoms with Gasteiger partial charge in [-0.05, 0) is 39.0 Å². The highest BCUT2D eigenvalue weighted by Gasteiger charge is 2.32. The monoisotopic (exact) mass is 327 g/mol. The summed E-state index contributed by atoms with van der Waals surface area (Å²) in [5.74, 6) is 0.823. The molecular weight excluding hydrogens is 310 g/mol. The first-order valence-corrected chi connectivity index (χ1v) is 6.95. The first kappa shape index (κ1) is 14.2. The lowest BCUT2D eigenvalue weighted by Crippen LogP contribution is -2.37. The summed E-state index contributed by atoms with van der Waals surface area (Å²) in [5, 5.41) is 0. The van der Waals surface area contributed by atoms with E-state index in [0.29, 0.717) is 6.61 Å². The molecular formula is C14H18BrNO3. The molecule has 0 spiro atoms. The van der Waals surface area contributed by atoms with E-state index in [1.165, 1.54) is 0 Å². The molecule has 0 bridgehead atoms. The standard InChI is InChI=1S/C14H18BrNO3/c1-14(2,3)19-13(17)16(4)11-8-18-12-6-5-9(15)7-10(11)12/h5-7,11H,8H2,1-4H3/t11-/m1/s1. The van der Waals surface area contributed by atoms with Gasteiger partial charge in [-0.25, -0.2) is 4.79 Å². The molecule has 0 radical (unpaired) electrons. The number of amides is 1. The topological polar surface area (TPSA) is 38.8 Å². The number of benzene rings is 1. The van der Waals surface area contributed by atoms with Gasteiger partial charge in [-0.2, -0.15) is 0 Å². The van der Waals surface area contributed by atoms with Crippen LogP contribution in [0.25, 0.3) is 0 Å². The fourth-order valence-electron chi connectivity index (χ4n) is 1.95. The lowest BCUT2D eigenvalue weighted by atomic mass is 10.1. The van der Waals surface area contributed by atoms with Crippen molar-refractivity contribution >= 4 is 22.0 Å². The molecule has 0 aliphatic carbocycles. The van der Waals surface area contributed by atoms with E-state index >= 15 is 0 Å². The molecule has 1 aromatic rings. The maximum Gasteiger partial charge on any atom is 0.410 e. The van der Waals surface area contributed by atoms with Crippen LogP contribution in [-0.2, 0) is 4.74 Å². The zero-order valence-electron chi connectivity index (χ0n) is 11.6. The largest absolute Gasteiger partial charge is 0.491 e. The van der Waals surface area contributed by atoms with Crippen LogP contribution in [0.3, 0.4) is 0 Å². The Balaban J connectivity index is 2.17. The van der Waals surface area contributed by atoms with E-state index in [1.807, 2.05) is 39.0 Å². The third-order valence-corrected chi connectivity index (χ3v) is 3.37. The third kappa shape index (κ3) is 3.21. The van der Waals surface area contributed by atoms with Gasteiger partial charge in [0, 0.05) is 17.1 Å². The number of halogens is 1. The van der Waals surface area contributed by atoms with Gasteiger partial charge in [-0.3, -0.25) is 0 Å². The van der Waals surface area contributed by atoms with Crippen LogP contribution < -0.4 is 4.74 Å². The molecule has 0 aromatic heterocycles. The van der Waals surface area contributed by atoms with E-state index in [9.17, 15) is 4.79 Å². The Kier molecular flexibility index (Phi) is 3.76. The molecule has 19 heavy (non-hydrogen) atoms. The summed E-state index contributed by atoms with van der Waals surface area (Å²) in [5.41, 5.74) is 0.507. The van der Waals surface area contributed by atoms with E-state index in [1.54, 1.807) is 11.9 Å². The van der Waals surface area contributed by atoms with Gasteiger partial charge in [0.1, 0.15) is 18.0 Å². The van der Waals surface area contributed by atoms with Gasteiger partial charge in [0.2, 0.25) is 0 Å². The number of ether oxygens (including phenoxy) is 2. The minimum absolute atomic E-state index is 0.109. The summed E-state index contributed by atoms with van der Waals surface area (Å²) >= 11 is 3.44. The van der Waals surface area contributed by atoms with Crippen LogP contribution in [0.4, 0.5) is 4.79 Å². The van der Waals surface area contributed by atoms with Crippen molar-refractivity contribution in [3.8, 4) is 5.75 Å². The highest BCUT2D eigenvalue weighted by Crippen LogP contribution is 2.37. The Morgan fingerprint density at radius 2 is 2.16 bits per heavy atom. The normalized spacial score (nSPS) is 17.6. The summed E-state index contributed by atoms with van der Waals surface area (Å²) < 4.78 is 11.9. The summed E-state index contributed by atoms with van der Waals surface area (Å²) in [6.45, 7) is 6.03. The van der Waals surface area contributed by atoms with Crippen molar-refractivity contribution in [3.05, 3.63) is 28.2 Å². The van der Waals surface area contributed by atoms with E-state index in [-0.39, 0.29) is 12.1 Å². The molecule has 1 aliphatic heterocycles. The van der Waals surface area contributed by atoms with Crippen molar-refractivity contribution in [3.63, 3.8) is 0 Å². The highest BCUT2D eigenvalue weighted by molar-refractivity contribution is 9.10. The molecule has 1 amide bonds. The van der Waals surface area contributed by atoms with Gasteiger partial charge in [-0.15, -0.1) is 0 Å². The van der Waals surface area contributed by atoms with Crippen LogP contribution in [-0.4, -0.2) is 30.2 Å². The van der Waals surface area contributed by atoms with E-state index in [4.69, 9.17) is 9.47 Å². The van der Waals surface area contributed by atoms with Crippen LogP contribution in [0.15, 0.2) is 22.7 Å². The van der Waals surface area contributed by atoms with Gasteiger partial charge < -0.3 is 14.4 Å². The maximum absolute atomic E-state index is 12.1. The number of hydrogen-bond donors (Lipinski definition) is 0. The fourth-order valence-corrected chi connectivity index (χ4v) is 2.33. The molecule has 0 unspecified atom stereocenters. The Bertz CT molecular complexity index is 496. The number of likely N-dealkylation sites (N-methyl/N-ethyl adjacent to an activating group) is 1. The second-order valence-electron chi connectivity index (χ2n) is 5.60. The summed E-state index contributed by atoms with van der Waals surface area (Å²) in [6, 6.07) is 5.70. The minimum atomic E-state index is -0.495. The van der Waals surface area contributed by atoms with Crippen molar-refractivity contribution in [2.45, 2.75) is 32.4 Å². The molecule has 1 atom stereocenters. The van der Waals surface area contributed by atoms with Crippen molar-refractivity contribution < 1.29 is 14.3 Å². The first-order valence-electron chi connectivity index (χ1n) is 6.16. The minimum Gasteiger partial charge on any atom is -0.491 e. The number of fused-ring (bicyclic) bond motifs is 1. The predicted octanol–water partition coefficient (Wildman–Crippen LogP) is 3.75. The lowest BCUT2D eigenvalue weighted by molar-refractivity contribution is 0.0201. The van der Waals surface area contributed by atoms with E-state index in [0.717, 1.165) is 15.8 Å². The molecule has 0 saturated heterocycles. The smallest absolute Gasteiger partial charge is 0.410 e. The van der Waals surface area contributed by atoms with Gasteiger partial charge in [-0.1, -0.05) is 15.9 Å². The average molecular weight is 328 g/mol. The van der Waals surface area contributed by atoms with Crippen LogP contribution >= 0.6 is 15.9 Å². The molecule has 0 N–H and O–H groups in total. The van der Waals surface area contributed by atoms with Crippen molar-refractivity contribution in [2.24, 2.45) is 0 Å². The van der Waals surface area contributed by atoms with Gasteiger partial charge in [0.25, 0.3) is 0 Å². The molecule has 104 valence electrons. The Morgan fingerprint density at radius 3 is 2.79 bits per heavy atom. The number of carbonyl (C=O) groups is 1. The summed E-state index contributed by atoms with van der Waals surface area (Å²) in [6.07, 6.45) is -0.339. The van der Waals surface area contributed by atoms with Crippen molar-refractivity contribution in [2.75, 3.05) is 13.7 Å². The van der Waals surface area contributed by atoms with E-state index < -0.39 is 5.60 Å². The third-order valence-electron chi connectivity index (χ3n) is 2.88. The lowest BCUT2D eigenvalue weighted by Gasteiger charge is -2.28. The Hall–Kier alpha value is -1.23. The van der Waals surface area contributed by atoms with E-state index in [2.05, 4.69) is 15.9 Å². The number of rotatable bonds is 1. The highest BCUT2D eigenvalue weighted by atomic mass is 79.9. The maximum atomic E-state index is 12.1. The fraction of sp³-hybridized carbons (Fsp3) is 0.500.